The second-order valence-corrected chi connectivity index (χ2v) is 3.50. The topological polar surface area (TPSA) is 110 Å². The molecule has 9 heteroatoms. The number of likely N-dealkylation sites (N-methyl/N-ethyl adjacent to an activating group) is 1. The molecular weight excluding hydrogens is 255 g/mol. The van der Waals surface area contributed by atoms with Gasteiger partial charge in [0.05, 0.1) is 6.54 Å². The van der Waals surface area contributed by atoms with E-state index in [1.54, 1.807) is 0 Å². The molecule has 0 aliphatic rings. The number of halogens is 3. The van der Waals surface area contributed by atoms with Crippen LogP contribution in [0.25, 0.3) is 0 Å². The highest BCUT2D eigenvalue weighted by Gasteiger charge is 2.38. The fraction of sp³-hybridized carbons (Fsp3) is 0.778. The number of nitrogens with two attached hydrogens (primary N) is 2. The zero-order valence-corrected chi connectivity index (χ0v) is 10.0. The molecule has 0 unspecified atom stereocenters. The van der Waals surface area contributed by atoms with Crippen LogP contribution in [0, 0.1) is 0 Å². The van der Waals surface area contributed by atoms with Gasteiger partial charge in [-0.1, -0.05) is 0 Å². The van der Waals surface area contributed by atoms with Crippen molar-refractivity contribution in [1.82, 2.24) is 4.90 Å². The summed E-state index contributed by atoms with van der Waals surface area (Å²) in [6.07, 6.45) is -3.05. The van der Waals surface area contributed by atoms with Gasteiger partial charge in [-0.2, -0.15) is 13.2 Å². The lowest BCUT2D eigenvalue weighted by molar-refractivity contribution is -0.192. The average Bonchev–Trinajstić information content (AvgIpc) is 2.16. The first-order valence-corrected chi connectivity index (χ1v) is 5.08. The van der Waals surface area contributed by atoms with Crippen molar-refractivity contribution in [2.24, 2.45) is 11.5 Å². The Bertz CT molecular complexity index is 259. The predicted molar refractivity (Wildman–Crippen MR) is 58.7 cm³/mol. The van der Waals surface area contributed by atoms with Crippen molar-refractivity contribution >= 4 is 11.9 Å². The number of alkyl halides is 3. The summed E-state index contributed by atoms with van der Waals surface area (Å²) in [5, 5.41) is 7.12. The lowest BCUT2D eigenvalue weighted by Gasteiger charge is -2.13. The van der Waals surface area contributed by atoms with Gasteiger partial charge in [-0.05, 0) is 33.0 Å². The Kier molecular flexibility index (Phi) is 10.2. The number of rotatable bonds is 6. The Balaban J connectivity index is 0. The molecule has 5 N–H and O–H groups in total. The van der Waals surface area contributed by atoms with Gasteiger partial charge in [0.1, 0.15) is 0 Å². The van der Waals surface area contributed by atoms with Crippen LogP contribution in [-0.4, -0.2) is 54.7 Å². The maximum absolute atomic E-state index is 10.6. The number of hydrogen-bond acceptors (Lipinski definition) is 4. The summed E-state index contributed by atoms with van der Waals surface area (Å²) >= 11 is 0. The van der Waals surface area contributed by atoms with Gasteiger partial charge in [0.25, 0.3) is 0 Å². The molecular formula is C9H18F3N3O3. The lowest BCUT2D eigenvalue weighted by Crippen LogP contribution is -2.31. The minimum Gasteiger partial charge on any atom is -0.475 e. The van der Waals surface area contributed by atoms with Crippen molar-refractivity contribution in [3.8, 4) is 0 Å². The van der Waals surface area contributed by atoms with E-state index < -0.39 is 12.1 Å². The van der Waals surface area contributed by atoms with Crippen LogP contribution in [0.4, 0.5) is 13.2 Å². The van der Waals surface area contributed by atoms with Gasteiger partial charge in [0.2, 0.25) is 5.91 Å². The Morgan fingerprint density at radius 3 is 2.00 bits per heavy atom. The first-order chi connectivity index (χ1) is 8.11. The second-order valence-electron chi connectivity index (χ2n) is 3.50. The van der Waals surface area contributed by atoms with Crippen molar-refractivity contribution in [2.45, 2.75) is 19.0 Å². The Morgan fingerprint density at radius 2 is 1.72 bits per heavy atom. The molecule has 108 valence electrons. The van der Waals surface area contributed by atoms with Crippen molar-refractivity contribution in [1.29, 1.82) is 0 Å². The van der Waals surface area contributed by atoms with E-state index in [1.165, 1.54) is 0 Å². The SMILES string of the molecule is CN(CCCCN)CC(N)=O.O=C(O)C(F)(F)F. The number of unbranched alkanes of at least 4 members (excludes halogenated alkanes) is 1. The largest absolute Gasteiger partial charge is 0.490 e. The van der Waals surface area contributed by atoms with E-state index in [9.17, 15) is 18.0 Å². The summed E-state index contributed by atoms with van der Waals surface area (Å²) in [4.78, 5) is 21.2. The fourth-order valence-electron chi connectivity index (χ4n) is 0.871. The van der Waals surface area contributed by atoms with Crippen LogP contribution in [0.3, 0.4) is 0 Å². The molecule has 0 aromatic heterocycles. The third-order valence-electron chi connectivity index (χ3n) is 1.66. The van der Waals surface area contributed by atoms with E-state index in [4.69, 9.17) is 21.4 Å². The standard InChI is InChI=1S/C7H17N3O.C2HF3O2/c1-10(6-7(9)11)5-3-2-4-8;3-2(4,5)1(6)7/h2-6,8H2,1H3,(H2,9,11);(H,6,7). The third kappa shape index (κ3) is 14.6. The number of carbonyl (C=O) groups excluding carboxylic acids is 1. The molecule has 0 bridgehead atoms. The summed E-state index contributed by atoms with van der Waals surface area (Å²) < 4.78 is 31.7. The first-order valence-electron chi connectivity index (χ1n) is 5.08. The van der Waals surface area contributed by atoms with Gasteiger partial charge in [0.15, 0.2) is 0 Å². The number of hydrogen-bond donors (Lipinski definition) is 3. The van der Waals surface area contributed by atoms with Crippen LogP contribution in [0.2, 0.25) is 0 Å². The van der Waals surface area contributed by atoms with Gasteiger partial charge in [-0.3, -0.25) is 9.69 Å². The molecule has 0 spiro atoms. The van der Waals surface area contributed by atoms with Gasteiger partial charge in [0, 0.05) is 0 Å². The molecule has 0 saturated carbocycles. The van der Waals surface area contributed by atoms with E-state index in [0.29, 0.717) is 13.1 Å². The van der Waals surface area contributed by atoms with Crippen molar-refractivity contribution in [2.75, 3.05) is 26.7 Å². The van der Waals surface area contributed by atoms with E-state index in [0.717, 1.165) is 19.4 Å². The normalized spacial score (nSPS) is 10.8. The van der Waals surface area contributed by atoms with E-state index in [1.807, 2.05) is 11.9 Å². The van der Waals surface area contributed by atoms with Gasteiger partial charge < -0.3 is 16.6 Å². The Morgan fingerprint density at radius 1 is 1.28 bits per heavy atom. The number of aliphatic carboxylic acids is 1. The monoisotopic (exact) mass is 273 g/mol. The van der Waals surface area contributed by atoms with Crippen LogP contribution in [-0.2, 0) is 9.59 Å². The quantitative estimate of drug-likeness (QED) is 0.579. The molecule has 18 heavy (non-hydrogen) atoms. The van der Waals surface area contributed by atoms with Crippen LogP contribution in [0.5, 0.6) is 0 Å². The number of amides is 1. The van der Waals surface area contributed by atoms with Crippen LogP contribution >= 0.6 is 0 Å². The minimum atomic E-state index is -5.08. The third-order valence-corrected chi connectivity index (χ3v) is 1.66. The van der Waals surface area contributed by atoms with Crippen molar-refractivity contribution in [3.63, 3.8) is 0 Å². The Labute approximate surface area is 103 Å². The summed E-state index contributed by atoms with van der Waals surface area (Å²) in [6, 6.07) is 0. The molecule has 0 heterocycles. The molecule has 0 saturated heterocycles. The van der Waals surface area contributed by atoms with E-state index >= 15 is 0 Å². The zero-order valence-electron chi connectivity index (χ0n) is 10.0. The Hall–Kier alpha value is -1.35. The van der Waals surface area contributed by atoms with E-state index in [-0.39, 0.29) is 5.91 Å². The molecule has 6 nitrogen and oxygen atoms in total. The molecule has 0 aliphatic carbocycles. The minimum absolute atomic E-state index is 0.278. The maximum atomic E-state index is 10.6. The molecule has 1 amide bonds. The molecule has 0 radical (unpaired) electrons. The summed E-state index contributed by atoms with van der Waals surface area (Å²) in [6.45, 7) is 1.94. The highest BCUT2D eigenvalue weighted by molar-refractivity contribution is 5.75. The highest BCUT2D eigenvalue weighted by Crippen LogP contribution is 2.13. The summed E-state index contributed by atoms with van der Waals surface area (Å²) in [5.41, 5.74) is 10.3. The molecule has 0 aliphatic heterocycles. The van der Waals surface area contributed by atoms with Crippen molar-refractivity contribution in [3.05, 3.63) is 0 Å². The molecule has 0 fully saturated rings. The second kappa shape index (κ2) is 9.66. The molecule has 0 aromatic carbocycles. The number of carboxylic acids is 1. The average molecular weight is 273 g/mol. The molecule has 0 atom stereocenters. The lowest BCUT2D eigenvalue weighted by atomic mass is 10.3. The van der Waals surface area contributed by atoms with Crippen LogP contribution < -0.4 is 11.5 Å². The smallest absolute Gasteiger partial charge is 0.475 e. The van der Waals surface area contributed by atoms with Gasteiger partial charge >= 0.3 is 12.1 Å². The number of carboxylic acid groups (broad SMARTS) is 1. The zero-order chi connectivity index (χ0) is 14.8. The summed E-state index contributed by atoms with van der Waals surface area (Å²) in [5.74, 6) is -3.03. The number of nitrogens with zero attached hydrogens (tertiary/aromatic N) is 1. The maximum Gasteiger partial charge on any atom is 0.490 e. The predicted octanol–water partition coefficient (Wildman–Crippen LogP) is -0.224. The van der Waals surface area contributed by atoms with Gasteiger partial charge in [-0.15, -0.1) is 0 Å². The summed E-state index contributed by atoms with van der Waals surface area (Å²) in [7, 11) is 1.88. The van der Waals surface area contributed by atoms with Crippen LogP contribution in [0.1, 0.15) is 12.8 Å². The first kappa shape index (κ1) is 19.0. The van der Waals surface area contributed by atoms with Crippen LogP contribution in [0.15, 0.2) is 0 Å². The number of primary amides is 1. The fourth-order valence-corrected chi connectivity index (χ4v) is 0.871. The highest BCUT2D eigenvalue weighted by atomic mass is 19.4. The van der Waals surface area contributed by atoms with E-state index in [2.05, 4.69) is 0 Å². The molecule has 0 rings (SSSR count). The van der Waals surface area contributed by atoms with Gasteiger partial charge in [-0.25, -0.2) is 4.79 Å². The molecule has 0 aromatic rings. The van der Waals surface area contributed by atoms with Crippen molar-refractivity contribution < 1.29 is 27.9 Å². The number of carbonyl (C=O) groups is 2.